The summed E-state index contributed by atoms with van der Waals surface area (Å²) in [6, 6.07) is -0.202. The lowest BCUT2D eigenvalue weighted by Gasteiger charge is -2.20. The molecule has 0 atom stereocenters. The van der Waals surface area contributed by atoms with Crippen molar-refractivity contribution >= 4 is 11.9 Å². The molecule has 0 saturated carbocycles. The Morgan fingerprint density at radius 3 is 1.93 bits per heavy atom. The van der Waals surface area contributed by atoms with Crippen LogP contribution in [0.2, 0.25) is 0 Å². The Kier molecular flexibility index (Phi) is 5.69. The molecule has 0 aliphatic heterocycles. The maximum atomic E-state index is 11.3. The molecule has 0 N–H and O–H groups in total. The molecule has 15 heavy (non-hydrogen) atoms. The van der Waals surface area contributed by atoms with Gasteiger partial charge in [-0.05, 0) is 0 Å². The Bertz CT molecular complexity index is 228. The summed E-state index contributed by atoms with van der Waals surface area (Å²) in [5, 5.41) is 1.24. The molecule has 0 heterocycles. The molecule has 6 nitrogen and oxygen atoms in total. The van der Waals surface area contributed by atoms with E-state index in [0.29, 0.717) is 13.0 Å². The van der Waals surface area contributed by atoms with Gasteiger partial charge in [-0.2, -0.15) is 0 Å². The Morgan fingerprint density at radius 1 is 1.00 bits per heavy atom. The SMILES string of the molecule is CN(C)C(=O)CC[N]N(C)C(=O)N(C)C. The Morgan fingerprint density at radius 2 is 1.53 bits per heavy atom. The van der Waals surface area contributed by atoms with Gasteiger partial charge >= 0.3 is 6.03 Å². The quantitative estimate of drug-likeness (QED) is 0.599. The van der Waals surface area contributed by atoms with Gasteiger partial charge in [0.25, 0.3) is 0 Å². The maximum absolute atomic E-state index is 11.3. The highest BCUT2D eigenvalue weighted by atomic mass is 16.2. The summed E-state index contributed by atoms with van der Waals surface area (Å²) in [5.41, 5.74) is 3.96. The molecule has 0 saturated heterocycles. The normalized spacial score (nSPS) is 9.67. The topological polar surface area (TPSA) is 58.0 Å². The van der Waals surface area contributed by atoms with Gasteiger partial charge in [0.15, 0.2) is 0 Å². The third kappa shape index (κ3) is 5.21. The van der Waals surface area contributed by atoms with Crippen LogP contribution in [0.4, 0.5) is 4.79 Å². The minimum atomic E-state index is -0.202. The molecule has 0 aromatic rings. The van der Waals surface area contributed by atoms with E-state index in [1.165, 1.54) is 14.8 Å². The molecule has 0 rings (SSSR count). The van der Waals surface area contributed by atoms with Crippen LogP contribution in [0.5, 0.6) is 0 Å². The van der Waals surface area contributed by atoms with Gasteiger partial charge < -0.3 is 9.80 Å². The summed E-state index contributed by atoms with van der Waals surface area (Å²) < 4.78 is 0. The van der Waals surface area contributed by atoms with Gasteiger partial charge in [0.05, 0.1) is 0 Å². The Labute approximate surface area is 90.8 Å². The average molecular weight is 215 g/mol. The first-order chi connectivity index (χ1) is 6.86. The van der Waals surface area contributed by atoms with Gasteiger partial charge in [-0.1, -0.05) is 0 Å². The molecule has 0 spiro atoms. The lowest BCUT2D eigenvalue weighted by Crippen LogP contribution is -2.42. The van der Waals surface area contributed by atoms with Crippen molar-refractivity contribution in [1.82, 2.24) is 20.2 Å². The molecule has 0 aromatic heterocycles. The first kappa shape index (κ1) is 13.7. The van der Waals surface area contributed by atoms with E-state index in [2.05, 4.69) is 5.43 Å². The summed E-state index contributed by atoms with van der Waals surface area (Å²) in [6.45, 7) is 0.326. The highest BCUT2D eigenvalue weighted by Crippen LogP contribution is 1.90. The molecule has 0 unspecified atom stereocenters. The monoisotopic (exact) mass is 215 g/mol. The molecule has 0 aromatic carbocycles. The zero-order valence-corrected chi connectivity index (χ0v) is 10.0. The minimum absolute atomic E-state index is 0.00412. The van der Waals surface area contributed by atoms with Crippen molar-refractivity contribution in [3.05, 3.63) is 0 Å². The number of nitrogens with zero attached hydrogens (tertiary/aromatic N) is 4. The van der Waals surface area contributed by atoms with Gasteiger partial charge in [-0.25, -0.2) is 9.80 Å². The fourth-order valence-corrected chi connectivity index (χ4v) is 0.869. The van der Waals surface area contributed by atoms with E-state index in [4.69, 9.17) is 0 Å². The standard InChI is InChI=1S/C9H19N4O2/c1-11(2)8(14)6-7-10-13(5)9(15)12(3)4/h6-7H2,1-5H3. The van der Waals surface area contributed by atoms with E-state index < -0.39 is 0 Å². The third-order valence-corrected chi connectivity index (χ3v) is 1.80. The van der Waals surface area contributed by atoms with E-state index in [1.807, 2.05) is 0 Å². The third-order valence-electron chi connectivity index (χ3n) is 1.80. The van der Waals surface area contributed by atoms with Crippen molar-refractivity contribution in [1.29, 1.82) is 0 Å². The van der Waals surface area contributed by atoms with Crippen LogP contribution in [0.15, 0.2) is 0 Å². The molecular weight excluding hydrogens is 196 g/mol. The minimum Gasteiger partial charge on any atom is -0.349 e. The highest BCUT2D eigenvalue weighted by molar-refractivity contribution is 5.76. The average Bonchev–Trinajstić information content (AvgIpc) is 2.15. The second-order valence-corrected chi connectivity index (χ2v) is 3.60. The number of rotatable bonds is 4. The van der Waals surface area contributed by atoms with Crippen LogP contribution in [0, 0.1) is 0 Å². The summed E-state index contributed by atoms with van der Waals surface area (Å²) in [5.74, 6) is 0.00412. The Hall–Kier alpha value is -1.30. The van der Waals surface area contributed by atoms with Crippen molar-refractivity contribution in [2.45, 2.75) is 6.42 Å². The van der Waals surface area contributed by atoms with Crippen LogP contribution in [-0.2, 0) is 4.79 Å². The fraction of sp³-hybridized carbons (Fsp3) is 0.778. The predicted octanol–water partition coefficient (Wildman–Crippen LogP) is -0.402. The number of amides is 3. The van der Waals surface area contributed by atoms with Gasteiger partial charge in [-0.3, -0.25) is 4.79 Å². The van der Waals surface area contributed by atoms with Crippen molar-refractivity contribution in [3.63, 3.8) is 0 Å². The van der Waals surface area contributed by atoms with Gasteiger partial charge in [0.2, 0.25) is 5.91 Å². The van der Waals surface area contributed by atoms with Gasteiger partial charge in [-0.15, -0.1) is 5.43 Å². The summed E-state index contributed by atoms with van der Waals surface area (Å²) in [6.07, 6.45) is 0.318. The largest absolute Gasteiger partial charge is 0.349 e. The van der Waals surface area contributed by atoms with Crippen LogP contribution in [0.1, 0.15) is 6.42 Å². The van der Waals surface area contributed by atoms with Crippen LogP contribution in [0.25, 0.3) is 0 Å². The zero-order valence-electron chi connectivity index (χ0n) is 10.0. The van der Waals surface area contributed by atoms with Crippen molar-refractivity contribution in [2.75, 3.05) is 41.8 Å². The van der Waals surface area contributed by atoms with E-state index in [9.17, 15) is 9.59 Å². The fourth-order valence-electron chi connectivity index (χ4n) is 0.869. The van der Waals surface area contributed by atoms with E-state index in [-0.39, 0.29) is 11.9 Å². The van der Waals surface area contributed by atoms with Gasteiger partial charge in [0.1, 0.15) is 0 Å². The van der Waals surface area contributed by atoms with Crippen LogP contribution in [-0.4, -0.2) is 68.5 Å². The molecular formula is C9H19N4O2. The molecule has 87 valence electrons. The van der Waals surface area contributed by atoms with E-state index in [1.54, 1.807) is 35.2 Å². The second-order valence-electron chi connectivity index (χ2n) is 3.60. The Balaban J connectivity index is 3.78. The number of hydrogen-bond donors (Lipinski definition) is 0. The van der Waals surface area contributed by atoms with Crippen molar-refractivity contribution in [3.8, 4) is 0 Å². The maximum Gasteiger partial charge on any atom is 0.334 e. The van der Waals surface area contributed by atoms with E-state index >= 15 is 0 Å². The van der Waals surface area contributed by atoms with Crippen LogP contribution < -0.4 is 5.43 Å². The number of hydrogen-bond acceptors (Lipinski definition) is 2. The van der Waals surface area contributed by atoms with Crippen LogP contribution >= 0.6 is 0 Å². The second kappa shape index (κ2) is 6.23. The summed E-state index contributed by atoms with van der Waals surface area (Å²) in [7, 11) is 8.26. The smallest absolute Gasteiger partial charge is 0.334 e. The first-order valence-corrected chi connectivity index (χ1v) is 4.68. The highest BCUT2D eigenvalue weighted by Gasteiger charge is 2.12. The number of carbonyl (C=O) groups is 2. The lowest BCUT2D eigenvalue weighted by molar-refractivity contribution is -0.128. The molecule has 0 aliphatic carbocycles. The molecule has 3 amide bonds. The molecule has 0 bridgehead atoms. The van der Waals surface area contributed by atoms with Gasteiger partial charge in [0, 0.05) is 48.2 Å². The molecule has 1 radical (unpaired) electrons. The zero-order chi connectivity index (χ0) is 12.0. The lowest BCUT2D eigenvalue weighted by atomic mass is 10.4. The van der Waals surface area contributed by atoms with E-state index in [0.717, 1.165) is 0 Å². The van der Waals surface area contributed by atoms with Crippen molar-refractivity contribution < 1.29 is 9.59 Å². The van der Waals surface area contributed by atoms with Crippen molar-refractivity contribution in [2.24, 2.45) is 0 Å². The predicted molar refractivity (Wildman–Crippen MR) is 57.2 cm³/mol. The summed E-state index contributed by atoms with van der Waals surface area (Å²) >= 11 is 0. The molecule has 0 fully saturated rings. The van der Waals surface area contributed by atoms with Crippen LogP contribution in [0.3, 0.4) is 0 Å². The number of carbonyl (C=O) groups excluding carboxylic acids is 2. The molecule has 6 heteroatoms. The first-order valence-electron chi connectivity index (χ1n) is 4.68. The number of urea groups is 1. The molecule has 0 aliphatic rings. The summed E-state index contributed by atoms with van der Waals surface area (Å²) in [4.78, 5) is 25.4.